The molecule has 4 N–H and O–H groups in total. The molecule has 0 aliphatic carbocycles. The van der Waals surface area contributed by atoms with Crippen LogP contribution in [0.4, 0.5) is 5.69 Å². The van der Waals surface area contributed by atoms with Crippen molar-refractivity contribution < 1.29 is 14.7 Å². The van der Waals surface area contributed by atoms with Crippen molar-refractivity contribution in [3.8, 4) is 5.69 Å². The second-order valence-corrected chi connectivity index (χ2v) is 16.7. The Morgan fingerprint density at radius 3 is 1.88 bits per heavy atom. The zero-order valence-electron chi connectivity index (χ0n) is 32.7. The number of carbonyl (C=O) groups is 2. The molecule has 2 aliphatic heterocycles. The van der Waals surface area contributed by atoms with E-state index in [1.807, 2.05) is 99.7 Å². The maximum absolute atomic E-state index is 13.5. The van der Waals surface area contributed by atoms with Crippen molar-refractivity contribution in [2.24, 2.45) is 0 Å². The number of anilines is 1. The first kappa shape index (κ1) is 38.3. The number of carboxylic acids is 1. The van der Waals surface area contributed by atoms with E-state index in [4.69, 9.17) is 9.97 Å². The molecule has 6 aromatic rings. The molecule has 0 unspecified atom stereocenters. The molecule has 11 heteroatoms. The summed E-state index contributed by atoms with van der Waals surface area (Å²) in [4.78, 5) is 55.7. The van der Waals surface area contributed by atoms with Gasteiger partial charge in [0.05, 0.1) is 11.4 Å². The third-order valence-corrected chi connectivity index (χ3v) is 13.4. The van der Waals surface area contributed by atoms with Gasteiger partial charge in [0, 0.05) is 39.6 Å². The first-order valence-electron chi connectivity index (χ1n) is 19.1. The molecule has 58 heavy (non-hydrogen) atoms. The van der Waals surface area contributed by atoms with E-state index in [9.17, 15) is 19.5 Å². The van der Waals surface area contributed by atoms with Crippen molar-refractivity contribution >= 4 is 98.5 Å². The van der Waals surface area contributed by atoms with E-state index >= 15 is 0 Å². The molecule has 290 valence electrons. The minimum atomic E-state index is -0.888. The van der Waals surface area contributed by atoms with Gasteiger partial charge in [-0.25, -0.2) is 4.98 Å². The van der Waals surface area contributed by atoms with E-state index in [0.29, 0.717) is 29.9 Å². The number of amides is 1. The average molecular weight is 834 g/mol. The number of fused-ring (bicyclic) bond motifs is 9. The molecule has 2 aromatic carbocycles. The number of benzene rings is 2. The topological polar surface area (TPSA) is 146 Å². The summed E-state index contributed by atoms with van der Waals surface area (Å²) >= 11 is -0.147. The standard InChI is InChI=1S/C47H42N6O4Se/c1-7-31-25(3)36-21-37-28(6)34(18-20-46(55)56)43(51-37)24-42-33(27(5)39(52-42)23-41-32(8-2)26(4)38(50-41)22-40(31)49-36)17-19-45(54)48-29-13-15-30(16-14-29)53-47(57)35-11-9-10-12-44(35)58-53/h7-16,21-24,49-50H,1-2,17-20H2,3-6H3,(H,48,54)(H,55,56). The number of hydrogen-bond donors (Lipinski definition) is 4. The van der Waals surface area contributed by atoms with Gasteiger partial charge in [0.25, 0.3) is 0 Å². The molecule has 0 saturated carbocycles. The van der Waals surface area contributed by atoms with Crippen LogP contribution in [-0.4, -0.2) is 55.2 Å². The van der Waals surface area contributed by atoms with Crippen molar-refractivity contribution in [3.05, 3.63) is 141 Å². The van der Waals surface area contributed by atoms with Crippen molar-refractivity contribution in [1.29, 1.82) is 0 Å². The van der Waals surface area contributed by atoms with Crippen molar-refractivity contribution in [2.75, 3.05) is 5.32 Å². The monoisotopic (exact) mass is 834 g/mol. The second-order valence-electron chi connectivity index (χ2n) is 14.6. The van der Waals surface area contributed by atoms with Crippen LogP contribution >= 0.6 is 0 Å². The fourth-order valence-electron chi connectivity index (χ4n) is 7.82. The summed E-state index contributed by atoms with van der Waals surface area (Å²) in [6.45, 7) is 16.3. The molecule has 2 aliphatic rings. The zero-order chi connectivity index (χ0) is 40.8. The van der Waals surface area contributed by atoms with E-state index in [2.05, 4.69) is 41.4 Å². The fourth-order valence-corrected chi connectivity index (χ4v) is 9.91. The van der Waals surface area contributed by atoms with Gasteiger partial charge in [0.1, 0.15) is 0 Å². The van der Waals surface area contributed by atoms with Gasteiger partial charge in [-0.05, 0) is 67.7 Å². The van der Waals surface area contributed by atoms with Crippen LogP contribution in [0.15, 0.2) is 90.7 Å². The van der Waals surface area contributed by atoms with Gasteiger partial charge >= 0.3 is 174 Å². The van der Waals surface area contributed by atoms with Crippen LogP contribution in [0, 0.1) is 13.8 Å². The first-order valence-corrected chi connectivity index (χ1v) is 20.7. The Kier molecular flexibility index (Phi) is 10.2. The smallest absolute Gasteiger partial charge is 0.303 e. The quantitative estimate of drug-likeness (QED) is 0.101. The Morgan fingerprint density at radius 2 is 1.29 bits per heavy atom. The Bertz CT molecular complexity index is 3030. The SMILES string of the molecule is C=Cc1c(C)c2cc3[nH]c(cc4nc(cc5nc(cc1[nH]2)C(C)=C5CCC(=O)Nc1ccc(-n2[se]c5ccccc5c2=O)cc1)C(CCC(=O)O)=C4C)c(C)c3C=C. The molecule has 8 bridgehead atoms. The van der Waals surface area contributed by atoms with E-state index in [0.717, 1.165) is 93.3 Å². The van der Waals surface area contributed by atoms with Gasteiger partial charge in [-0.2, -0.15) is 0 Å². The van der Waals surface area contributed by atoms with E-state index in [1.165, 1.54) is 0 Å². The predicted octanol–water partition coefficient (Wildman–Crippen LogP) is 9.72. The number of allylic oxidation sites excluding steroid dienone is 4. The van der Waals surface area contributed by atoms with Gasteiger partial charge in [0.15, 0.2) is 0 Å². The zero-order valence-corrected chi connectivity index (χ0v) is 34.5. The van der Waals surface area contributed by atoms with Gasteiger partial charge in [-0.1, -0.05) is 25.3 Å². The number of aromatic amines is 2. The van der Waals surface area contributed by atoms with Gasteiger partial charge in [0.2, 0.25) is 0 Å². The maximum Gasteiger partial charge on any atom is 0.303 e. The van der Waals surface area contributed by atoms with Crippen molar-refractivity contribution in [2.45, 2.75) is 53.4 Å². The number of nitrogens with zero attached hydrogens (tertiary/aromatic N) is 3. The Labute approximate surface area is 341 Å². The number of carbonyl (C=O) groups excluding carboxylic acids is 1. The summed E-state index contributed by atoms with van der Waals surface area (Å²) in [5.74, 6) is -1.05. The Hall–Kier alpha value is -6.55. The Morgan fingerprint density at radius 1 is 0.741 bits per heavy atom. The Balaban J connectivity index is 1.19. The molecular weight excluding hydrogens is 792 g/mol. The molecule has 10 nitrogen and oxygen atoms in total. The molecule has 1 amide bonds. The number of rotatable bonds is 10. The molecule has 4 aromatic heterocycles. The van der Waals surface area contributed by atoms with E-state index < -0.39 is 5.97 Å². The van der Waals surface area contributed by atoms with Crippen LogP contribution in [0.3, 0.4) is 0 Å². The minimum absolute atomic E-state index is 0.00775. The summed E-state index contributed by atoms with van der Waals surface area (Å²) in [5, 5.41) is 13.4. The molecule has 0 spiro atoms. The molecule has 6 heterocycles. The van der Waals surface area contributed by atoms with Crippen LogP contribution < -0.4 is 10.9 Å². The molecule has 0 fully saturated rings. The summed E-state index contributed by atoms with van der Waals surface area (Å²) in [7, 11) is 0. The minimum Gasteiger partial charge on any atom is -0.481 e. The normalized spacial score (nSPS) is 12.7. The summed E-state index contributed by atoms with van der Waals surface area (Å²) in [5.41, 5.74) is 15.4. The number of nitrogens with one attached hydrogen (secondary N) is 3. The maximum atomic E-state index is 13.5. The number of H-pyrrole nitrogens is 2. The molecule has 0 atom stereocenters. The number of aromatic nitrogens is 5. The number of aryl methyl sites for hydroxylation is 2. The number of hydrogen-bond acceptors (Lipinski definition) is 5. The predicted molar refractivity (Wildman–Crippen MR) is 237 cm³/mol. The summed E-state index contributed by atoms with van der Waals surface area (Å²) in [6, 6.07) is 23.1. The van der Waals surface area contributed by atoms with Crippen LogP contribution in [0.2, 0.25) is 0 Å². The van der Waals surface area contributed by atoms with Crippen molar-refractivity contribution in [3.63, 3.8) is 0 Å². The molecule has 8 rings (SSSR count). The number of carboxylic acid groups (broad SMARTS) is 1. The van der Waals surface area contributed by atoms with Gasteiger partial charge in [-0.3, -0.25) is 4.79 Å². The number of aliphatic carboxylic acids is 1. The van der Waals surface area contributed by atoms with Crippen LogP contribution in [0.1, 0.15) is 84.6 Å². The third kappa shape index (κ3) is 7.04. The third-order valence-electron chi connectivity index (χ3n) is 11.1. The van der Waals surface area contributed by atoms with Crippen LogP contribution in [0.25, 0.3) is 71.8 Å². The summed E-state index contributed by atoms with van der Waals surface area (Å²) < 4.78 is 2.85. The van der Waals surface area contributed by atoms with E-state index in [-0.39, 0.29) is 39.0 Å². The molecule has 0 radical (unpaired) electrons. The van der Waals surface area contributed by atoms with E-state index in [1.54, 1.807) is 3.56 Å². The first-order chi connectivity index (χ1) is 27.9. The van der Waals surface area contributed by atoms with Gasteiger partial charge < -0.3 is 15.1 Å². The molecular formula is C47H42N6O4Se. The molecule has 0 saturated heterocycles. The van der Waals surface area contributed by atoms with Gasteiger partial charge in [-0.15, -0.1) is 0 Å². The average Bonchev–Trinajstić information content (AvgIpc) is 3.95. The summed E-state index contributed by atoms with van der Waals surface area (Å²) in [6.07, 6.45) is 4.54. The van der Waals surface area contributed by atoms with Crippen LogP contribution in [-0.2, 0) is 9.59 Å². The largest absolute Gasteiger partial charge is 0.481 e. The fraction of sp³-hybridized carbons (Fsp3) is 0.170. The second kappa shape index (κ2) is 15.4. The van der Waals surface area contributed by atoms with Crippen molar-refractivity contribution in [1.82, 2.24) is 23.5 Å². The van der Waals surface area contributed by atoms with Crippen LogP contribution in [0.5, 0.6) is 0 Å².